The predicted molar refractivity (Wildman–Crippen MR) is 80.8 cm³/mol. The average molecular weight is 349 g/mol. The van der Waals surface area contributed by atoms with Crippen LogP contribution in [0.4, 0.5) is 0 Å². The number of rotatable bonds is 2. The second kappa shape index (κ2) is 5.10. The molecule has 0 fully saturated rings. The van der Waals surface area contributed by atoms with Gasteiger partial charge in [0.1, 0.15) is 12.6 Å². The zero-order valence-corrected chi connectivity index (χ0v) is 11.9. The van der Waals surface area contributed by atoms with Crippen molar-refractivity contribution in [2.45, 2.75) is 6.04 Å². The smallest absolute Gasteiger partial charge is 0.217 e. The highest BCUT2D eigenvalue weighted by atomic mass is 127. The lowest BCUT2D eigenvalue weighted by molar-refractivity contribution is 0.319. The van der Waals surface area contributed by atoms with E-state index in [9.17, 15) is 0 Å². The molecule has 1 atom stereocenters. The Morgan fingerprint density at radius 3 is 2.50 bits per heavy atom. The number of hydrogen-bond acceptors (Lipinski definition) is 2. The second-order valence-corrected chi connectivity index (χ2v) is 5.31. The van der Waals surface area contributed by atoms with E-state index in [2.05, 4.69) is 45.8 Å². The summed E-state index contributed by atoms with van der Waals surface area (Å²) in [4.78, 5) is 4.68. The van der Waals surface area contributed by atoms with Crippen molar-refractivity contribution in [3.63, 3.8) is 0 Å². The van der Waals surface area contributed by atoms with Crippen molar-refractivity contribution in [3.05, 3.63) is 69.3 Å². The SMILES string of the molecule is Ic1ccccc1C1=N[C@@H](c2ccccc2)CO1. The normalized spacial score (nSPS) is 18.3. The van der Waals surface area contributed by atoms with E-state index in [0.29, 0.717) is 6.61 Å². The Bertz CT molecular complexity index is 580. The predicted octanol–water partition coefficient (Wildman–Crippen LogP) is 3.81. The molecule has 0 bridgehead atoms. The Labute approximate surface area is 120 Å². The van der Waals surface area contributed by atoms with Crippen LogP contribution in [0.15, 0.2) is 59.6 Å². The third-order valence-electron chi connectivity index (χ3n) is 2.94. The van der Waals surface area contributed by atoms with Crippen LogP contribution in [0.1, 0.15) is 17.2 Å². The molecule has 0 aromatic heterocycles. The molecule has 0 saturated carbocycles. The van der Waals surface area contributed by atoms with Crippen LogP contribution in [-0.4, -0.2) is 12.5 Å². The highest BCUT2D eigenvalue weighted by molar-refractivity contribution is 14.1. The Hall–Kier alpha value is -1.36. The molecule has 1 aliphatic rings. The van der Waals surface area contributed by atoms with Crippen LogP contribution in [0.3, 0.4) is 0 Å². The maximum Gasteiger partial charge on any atom is 0.217 e. The molecule has 90 valence electrons. The van der Waals surface area contributed by atoms with Gasteiger partial charge in [0.15, 0.2) is 0 Å². The van der Waals surface area contributed by atoms with Gasteiger partial charge in [-0.3, -0.25) is 0 Å². The van der Waals surface area contributed by atoms with Crippen molar-refractivity contribution in [1.29, 1.82) is 0 Å². The lowest BCUT2D eigenvalue weighted by Crippen LogP contribution is -2.03. The fourth-order valence-corrected chi connectivity index (χ4v) is 2.62. The molecular formula is C15H12INO. The summed E-state index contributed by atoms with van der Waals surface area (Å²) in [5.41, 5.74) is 2.29. The fraction of sp³-hybridized carbons (Fsp3) is 0.133. The molecular weight excluding hydrogens is 337 g/mol. The number of aliphatic imine (C=N–C) groups is 1. The third kappa shape index (κ3) is 2.27. The number of ether oxygens (including phenoxy) is 1. The van der Waals surface area contributed by atoms with Crippen LogP contribution in [-0.2, 0) is 4.74 Å². The largest absolute Gasteiger partial charge is 0.475 e. The van der Waals surface area contributed by atoms with Crippen LogP contribution in [0.5, 0.6) is 0 Å². The molecule has 1 aliphatic heterocycles. The molecule has 0 aliphatic carbocycles. The summed E-state index contributed by atoms with van der Waals surface area (Å²) in [6.07, 6.45) is 0. The third-order valence-corrected chi connectivity index (χ3v) is 3.88. The van der Waals surface area contributed by atoms with Crippen molar-refractivity contribution in [3.8, 4) is 0 Å². The number of hydrogen-bond donors (Lipinski definition) is 0. The molecule has 0 unspecified atom stereocenters. The van der Waals surface area contributed by atoms with E-state index in [1.54, 1.807) is 0 Å². The molecule has 18 heavy (non-hydrogen) atoms. The minimum Gasteiger partial charge on any atom is -0.475 e. The van der Waals surface area contributed by atoms with E-state index in [4.69, 9.17) is 4.74 Å². The zero-order valence-electron chi connectivity index (χ0n) is 9.71. The van der Waals surface area contributed by atoms with Gasteiger partial charge in [0.25, 0.3) is 0 Å². The van der Waals surface area contributed by atoms with E-state index in [1.165, 1.54) is 9.13 Å². The first-order valence-corrected chi connectivity index (χ1v) is 6.93. The van der Waals surface area contributed by atoms with Crippen molar-refractivity contribution >= 4 is 28.5 Å². The van der Waals surface area contributed by atoms with Crippen LogP contribution in [0.25, 0.3) is 0 Å². The molecule has 0 amide bonds. The van der Waals surface area contributed by atoms with Crippen LogP contribution < -0.4 is 0 Å². The van der Waals surface area contributed by atoms with Crippen molar-refractivity contribution < 1.29 is 4.74 Å². The Morgan fingerprint density at radius 2 is 1.72 bits per heavy atom. The van der Waals surface area contributed by atoms with Crippen molar-refractivity contribution in [2.24, 2.45) is 4.99 Å². The molecule has 2 aromatic rings. The Kier molecular flexibility index (Phi) is 3.32. The van der Waals surface area contributed by atoms with E-state index < -0.39 is 0 Å². The lowest BCUT2D eigenvalue weighted by Gasteiger charge is -2.03. The van der Waals surface area contributed by atoms with E-state index in [0.717, 1.165) is 11.5 Å². The Balaban J connectivity index is 1.91. The van der Waals surface area contributed by atoms with Gasteiger partial charge in [0, 0.05) is 9.13 Å². The summed E-state index contributed by atoms with van der Waals surface area (Å²) >= 11 is 2.31. The zero-order chi connectivity index (χ0) is 12.4. The van der Waals surface area contributed by atoms with E-state index in [-0.39, 0.29) is 6.04 Å². The van der Waals surface area contributed by atoms with Gasteiger partial charge in [-0.25, -0.2) is 4.99 Å². The van der Waals surface area contributed by atoms with E-state index >= 15 is 0 Å². The standard InChI is InChI=1S/C15H12INO/c16-13-9-5-4-8-12(13)15-17-14(10-18-15)11-6-2-1-3-7-11/h1-9,14H,10H2/t14-/m1/s1. The molecule has 0 N–H and O–H groups in total. The first-order chi connectivity index (χ1) is 8.84. The first-order valence-electron chi connectivity index (χ1n) is 5.85. The van der Waals surface area contributed by atoms with Gasteiger partial charge in [0.2, 0.25) is 5.90 Å². The summed E-state index contributed by atoms with van der Waals surface area (Å²) in [6.45, 7) is 0.629. The van der Waals surface area contributed by atoms with Crippen molar-refractivity contribution in [2.75, 3.05) is 6.61 Å². The quantitative estimate of drug-likeness (QED) is 0.756. The minimum atomic E-state index is 0.122. The summed E-state index contributed by atoms with van der Waals surface area (Å²) in [7, 11) is 0. The van der Waals surface area contributed by atoms with Gasteiger partial charge in [-0.05, 0) is 40.3 Å². The number of benzene rings is 2. The molecule has 0 spiro atoms. The van der Waals surface area contributed by atoms with Gasteiger partial charge >= 0.3 is 0 Å². The van der Waals surface area contributed by atoms with Gasteiger partial charge < -0.3 is 4.74 Å². The maximum absolute atomic E-state index is 5.73. The van der Waals surface area contributed by atoms with Crippen molar-refractivity contribution in [1.82, 2.24) is 0 Å². The topological polar surface area (TPSA) is 21.6 Å². The summed E-state index contributed by atoms with van der Waals surface area (Å²) < 4.78 is 6.90. The summed E-state index contributed by atoms with van der Waals surface area (Å²) in [5, 5.41) is 0. The monoisotopic (exact) mass is 349 g/mol. The van der Waals surface area contributed by atoms with Gasteiger partial charge in [-0.15, -0.1) is 0 Å². The highest BCUT2D eigenvalue weighted by Gasteiger charge is 2.22. The summed E-state index contributed by atoms with van der Waals surface area (Å²) in [5.74, 6) is 0.758. The molecule has 0 saturated heterocycles. The van der Waals surface area contributed by atoms with Crippen LogP contribution >= 0.6 is 22.6 Å². The van der Waals surface area contributed by atoms with Gasteiger partial charge in [0.05, 0.1) is 0 Å². The summed E-state index contributed by atoms with van der Waals surface area (Å²) in [6, 6.07) is 18.6. The number of halogens is 1. The molecule has 1 heterocycles. The van der Waals surface area contributed by atoms with Crippen LogP contribution in [0, 0.1) is 3.57 Å². The van der Waals surface area contributed by atoms with Gasteiger partial charge in [-0.2, -0.15) is 0 Å². The Morgan fingerprint density at radius 1 is 1.00 bits per heavy atom. The molecule has 0 radical (unpaired) electrons. The fourth-order valence-electron chi connectivity index (χ4n) is 2.00. The van der Waals surface area contributed by atoms with E-state index in [1.807, 2.05) is 36.4 Å². The molecule has 3 rings (SSSR count). The minimum absolute atomic E-state index is 0.122. The van der Waals surface area contributed by atoms with Crippen LogP contribution in [0.2, 0.25) is 0 Å². The number of nitrogens with zero attached hydrogens (tertiary/aromatic N) is 1. The molecule has 2 nitrogen and oxygen atoms in total. The van der Waals surface area contributed by atoms with Gasteiger partial charge in [-0.1, -0.05) is 42.5 Å². The lowest BCUT2D eigenvalue weighted by atomic mass is 10.1. The molecule has 3 heteroatoms. The highest BCUT2D eigenvalue weighted by Crippen LogP contribution is 2.26. The first kappa shape index (κ1) is 11.7. The average Bonchev–Trinajstić information content (AvgIpc) is 2.90. The molecule has 2 aromatic carbocycles. The second-order valence-electron chi connectivity index (χ2n) is 4.15. The maximum atomic E-state index is 5.73.